The van der Waals surface area contributed by atoms with Gasteiger partial charge in [0.05, 0.1) is 0 Å². The summed E-state index contributed by atoms with van der Waals surface area (Å²) in [6.45, 7) is 2.20. The Kier molecular flexibility index (Phi) is 18.3. The summed E-state index contributed by atoms with van der Waals surface area (Å²) in [5, 5.41) is 8.58. The van der Waals surface area contributed by atoms with Crippen molar-refractivity contribution in [2.45, 2.75) is 90.0 Å². The number of nitrogens with two attached hydrogens (primary N) is 1. The van der Waals surface area contributed by atoms with Crippen molar-refractivity contribution in [3.63, 3.8) is 0 Å². The van der Waals surface area contributed by atoms with Crippen LogP contribution in [-0.2, 0) is 19.1 Å². The second-order valence-corrected chi connectivity index (χ2v) is 5.91. The monoisotopic (exact) mass is 355 g/mol. The van der Waals surface area contributed by atoms with Crippen LogP contribution in [-0.4, -0.2) is 52.1 Å². The zero-order valence-corrected chi connectivity index (χ0v) is 16.3. The van der Waals surface area contributed by atoms with Gasteiger partial charge >= 0.3 is 41.0 Å². The van der Waals surface area contributed by atoms with Gasteiger partial charge in [0, 0.05) is 12.8 Å². The molecule has 0 aromatic rings. The Morgan fingerprint density at radius 3 is 1.88 bits per heavy atom. The summed E-state index contributed by atoms with van der Waals surface area (Å²) in [5.74, 6) is -2.41. The van der Waals surface area contributed by atoms with Gasteiger partial charge in [-0.05, 0) is 12.8 Å². The van der Waals surface area contributed by atoms with Crippen LogP contribution in [0.3, 0.4) is 0 Å². The van der Waals surface area contributed by atoms with E-state index < -0.39 is 23.9 Å². The molecule has 0 rings (SSSR count). The van der Waals surface area contributed by atoms with Crippen molar-refractivity contribution in [3.05, 3.63) is 0 Å². The van der Waals surface area contributed by atoms with Gasteiger partial charge in [-0.15, -0.1) is 0 Å². The van der Waals surface area contributed by atoms with Gasteiger partial charge in [0.25, 0.3) is 0 Å². The number of carbonyl (C=O) groups excluding carboxylic acids is 2. The van der Waals surface area contributed by atoms with E-state index in [1.165, 1.54) is 38.5 Å². The van der Waals surface area contributed by atoms with Crippen LogP contribution in [0, 0.1) is 0 Å². The number of aliphatic carboxylic acids is 1. The zero-order chi connectivity index (χ0) is 17.5. The minimum absolute atomic E-state index is 0. The number of hydrogen-bond acceptors (Lipinski definition) is 5. The maximum atomic E-state index is 11.4. The minimum Gasteiger partial charge on any atom is -1.00 e. The predicted molar refractivity (Wildman–Crippen MR) is 95.8 cm³/mol. The van der Waals surface area contributed by atoms with E-state index in [4.69, 9.17) is 10.8 Å². The maximum Gasteiger partial charge on any atom is 2.00 e. The topological polar surface area (TPSA) is 107 Å². The number of carbonyl (C=O) groups is 3. The normalized spacial score (nSPS) is 11.4. The van der Waals surface area contributed by atoms with Crippen molar-refractivity contribution in [1.29, 1.82) is 0 Å². The van der Waals surface area contributed by atoms with E-state index in [0.29, 0.717) is 0 Å². The molecule has 0 aliphatic rings. The average Bonchev–Trinajstić information content (AvgIpc) is 2.50. The number of ether oxygens (including phenoxy) is 1. The first-order valence-corrected chi connectivity index (χ1v) is 8.69. The largest absolute Gasteiger partial charge is 2.00 e. The molecule has 3 N–H and O–H groups in total. The van der Waals surface area contributed by atoms with Gasteiger partial charge in [-0.2, -0.15) is 0 Å². The first-order valence-electron chi connectivity index (χ1n) is 8.69. The fraction of sp³-hybridized carbons (Fsp3) is 0.824. The summed E-state index contributed by atoms with van der Waals surface area (Å²) >= 11 is 0. The molecule has 24 heavy (non-hydrogen) atoms. The Balaban J connectivity index is -0.000000807. The van der Waals surface area contributed by atoms with Crippen LogP contribution in [0.1, 0.15) is 86.8 Å². The molecule has 0 bridgehead atoms. The van der Waals surface area contributed by atoms with Crippen molar-refractivity contribution < 1.29 is 27.1 Å². The third kappa shape index (κ3) is 16.2. The first-order chi connectivity index (χ1) is 11.0. The summed E-state index contributed by atoms with van der Waals surface area (Å²) in [5.41, 5.74) is 5.27. The van der Waals surface area contributed by atoms with E-state index >= 15 is 0 Å². The molecule has 6 nitrogen and oxygen atoms in total. The van der Waals surface area contributed by atoms with Crippen molar-refractivity contribution in [2.75, 3.05) is 0 Å². The molecule has 138 valence electrons. The molecule has 0 heterocycles. The van der Waals surface area contributed by atoms with Gasteiger partial charge < -0.3 is 18.4 Å². The molecule has 0 aromatic carbocycles. The molecular weight excluding hydrogens is 322 g/mol. The van der Waals surface area contributed by atoms with Gasteiger partial charge in [0.1, 0.15) is 6.04 Å². The molecule has 1 atom stereocenters. The zero-order valence-electron chi connectivity index (χ0n) is 16.9. The molecule has 0 saturated heterocycles. The fourth-order valence-electron chi connectivity index (χ4n) is 2.21. The summed E-state index contributed by atoms with van der Waals surface area (Å²) in [6.07, 6.45) is 10.4. The molecule has 7 heteroatoms. The van der Waals surface area contributed by atoms with Crippen molar-refractivity contribution >= 4 is 41.0 Å². The standard InChI is InChI=1S/C17H31NO5.Mg.2H/c1-2-3-4-5-6-7-8-9-10-11-15(19)23-16(20)13-12-14(18)17(21)22;;;/h14H,2-13,18H2,1H3,(H,21,22);;;/q;+2;2*-1/t14-;;;/m0.../s1. The molecule has 0 saturated carbocycles. The van der Waals surface area contributed by atoms with Crippen LogP contribution in [0.4, 0.5) is 0 Å². The van der Waals surface area contributed by atoms with Gasteiger partial charge in [0.15, 0.2) is 0 Å². The van der Waals surface area contributed by atoms with Crippen LogP contribution in [0.2, 0.25) is 0 Å². The summed E-state index contributed by atoms with van der Waals surface area (Å²) in [4.78, 5) is 33.3. The summed E-state index contributed by atoms with van der Waals surface area (Å²) < 4.78 is 4.63. The Bertz CT molecular complexity index is 373. The Hall–Kier alpha value is -0.664. The van der Waals surface area contributed by atoms with Gasteiger partial charge in [-0.25, -0.2) is 0 Å². The quantitative estimate of drug-likeness (QED) is 0.215. The summed E-state index contributed by atoms with van der Waals surface area (Å²) in [6, 6.07) is -1.10. The Morgan fingerprint density at radius 2 is 1.38 bits per heavy atom. The Labute approximate surface area is 164 Å². The number of unbranched alkanes of at least 4 members (excludes halogenated alkanes) is 8. The van der Waals surface area contributed by atoms with Gasteiger partial charge in [-0.3, -0.25) is 14.4 Å². The van der Waals surface area contributed by atoms with E-state index in [1.807, 2.05) is 0 Å². The number of esters is 2. The van der Waals surface area contributed by atoms with E-state index in [1.54, 1.807) is 0 Å². The Morgan fingerprint density at radius 1 is 0.917 bits per heavy atom. The second kappa shape index (κ2) is 17.2. The molecule has 0 radical (unpaired) electrons. The van der Waals surface area contributed by atoms with Gasteiger partial charge in [0.2, 0.25) is 0 Å². The third-order valence-electron chi connectivity index (χ3n) is 3.69. The minimum atomic E-state index is -1.17. The first kappa shape index (κ1) is 25.6. The molecule has 0 unspecified atom stereocenters. The molecule has 0 amide bonds. The number of hydrogen-bond donors (Lipinski definition) is 2. The number of carboxylic acids is 1. The smallest absolute Gasteiger partial charge is 1.00 e. The molecule has 0 aliphatic carbocycles. The van der Waals surface area contributed by atoms with Crippen LogP contribution >= 0.6 is 0 Å². The van der Waals surface area contributed by atoms with E-state index in [0.717, 1.165) is 19.3 Å². The maximum absolute atomic E-state index is 11.4. The molecule has 0 aromatic heterocycles. The van der Waals surface area contributed by atoms with Crippen LogP contribution in [0.15, 0.2) is 0 Å². The SMILES string of the molecule is CCCCCCCCCCCC(=O)OC(=O)CC[C@H](N)C(=O)O.[H-].[H-].[Mg+2]. The molecule has 0 fully saturated rings. The number of carboxylic acid groups (broad SMARTS) is 1. The van der Waals surface area contributed by atoms with E-state index in [-0.39, 0.29) is 45.2 Å². The van der Waals surface area contributed by atoms with Crippen LogP contribution in [0.5, 0.6) is 0 Å². The average molecular weight is 356 g/mol. The number of rotatable bonds is 14. The molecular formula is C17H33MgNO5. The van der Waals surface area contributed by atoms with Crippen LogP contribution in [0.25, 0.3) is 0 Å². The van der Waals surface area contributed by atoms with Crippen molar-refractivity contribution in [1.82, 2.24) is 0 Å². The second-order valence-electron chi connectivity index (χ2n) is 5.91. The fourth-order valence-corrected chi connectivity index (χ4v) is 2.21. The van der Waals surface area contributed by atoms with Gasteiger partial charge in [-0.1, -0.05) is 58.3 Å². The van der Waals surface area contributed by atoms with E-state index in [2.05, 4.69) is 11.7 Å². The predicted octanol–water partition coefficient (Wildman–Crippen LogP) is 3.01. The summed E-state index contributed by atoms with van der Waals surface area (Å²) in [7, 11) is 0. The molecule has 0 spiro atoms. The molecule has 0 aliphatic heterocycles. The van der Waals surface area contributed by atoms with Crippen molar-refractivity contribution in [3.8, 4) is 0 Å². The van der Waals surface area contributed by atoms with Crippen molar-refractivity contribution in [2.24, 2.45) is 5.73 Å². The van der Waals surface area contributed by atoms with Crippen LogP contribution < -0.4 is 5.73 Å². The van der Waals surface area contributed by atoms with E-state index in [9.17, 15) is 14.4 Å². The third-order valence-corrected chi connectivity index (χ3v) is 3.69.